The SMILES string of the molecule is CCC1CCCN(C(C)CC(=N)N)CC1. The molecule has 1 rings (SSSR count). The van der Waals surface area contributed by atoms with Crippen molar-refractivity contribution in [3.8, 4) is 0 Å². The van der Waals surface area contributed by atoms with Gasteiger partial charge in [0.15, 0.2) is 0 Å². The largest absolute Gasteiger partial charge is 0.388 e. The van der Waals surface area contributed by atoms with Gasteiger partial charge in [-0.3, -0.25) is 5.41 Å². The van der Waals surface area contributed by atoms with Gasteiger partial charge >= 0.3 is 0 Å². The molecule has 0 aromatic carbocycles. The second kappa shape index (κ2) is 6.11. The first kappa shape index (κ1) is 12.5. The van der Waals surface area contributed by atoms with Crippen LogP contribution in [0.2, 0.25) is 0 Å². The Kier molecular flexibility index (Phi) is 5.09. The molecule has 1 saturated heterocycles. The second-order valence-corrected chi connectivity index (χ2v) is 4.82. The maximum Gasteiger partial charge on any atom is 0.0920 e. The molecule has 88 valence electrons. The van der Waals surface area contributed by atoms with E-state index in [9.17, 15) is 0 Å². The van der Waals surface area contributed by atoms with Crippen molar-refractivity contribution in [1.82, 2.24) is 4.90 Å². The van der Waals surface area contributed by atoms with E-state index in [0.717, 1.165) is 12.3 Å². The molecular formula is C12H25N3. The average Bonchev–Trinajstić information content (AvgIpc) is 2.41. The molecule has 0 aromatic rings. The minimum Gasteiger partial charge on any atom is -0.388 e. The van der Waals surface area contributed by atoms with Crippen molar-refractivity contribution < 1.29 is 0 Å². The molecule has 0 spiro atoms. The molecule has 1 aliphatic heterocycles. The number of nitrogens with two attached hydrogens (primary N) is 1. The van der Waals surface area contributed by atoms with Crippen molar-refractivity contribution in [2.75, 3.05) is 13.1 Å². The Labute approximate surface area is 93.5 Å². The molecule has 0 radical (unpaired) electrons. The third-order valence-electron chi connectivity index (χ3n) is 3.60. The Morgan fingerprint density at radius 1 is 1.47 bits per heavy atom. The minimum absolute atomic E-state index is 0.318. The summed E-state index contributed by atoms with van der Waals surface area (Å²) < 4.78 is 0. The van der Waals surface area contributed by atoms with Gasteiger partial charge in [0, 0.05) is 12.5 Å². The Bertz CT molecular complexity index is 203. The van der Waals surface area contributed by atoms with E-state index in [1.54, 1.807) is 0 Å². The van der Waals surface area contributed by atoms with Gasteiger partial charge in [0.1, 0.15) is 0 Å². The molecule has 1 aliphatic rings. The quantitative estimate of drug-likeness (QED) is 0.553. The lowest BCUT2D eigenvalue weighted by Gasteiger charge is -2.27. The number of amidine groups is 1. The van der Waals surface area contributed by atoms with E-state index < -0.39 is 0 Å². The zero-order valence-corrected chi connectivity index (χ0v) is 10.1. The first-order chi connectivity index (χ1) is 7.13. The predicted molar refractivity (Wildman–Crippen MR) is 65.2 cm³/mol. The molecular weight excluding hydrogens is 186 g/mol. The Morgan fingerprint density at radius 3 is 2.80 bits per heavy atom. The molecule has 0 aromatic heterocycles. The summed E-state index contributed by atoms with van der Waals surface area (Å²) in [6.45, 7) is 6.85. The molecule has 0 bridgehead atoms. The summed E-state index contributed by atoms with van der Waals surface area (Å²) in [7, 11) is 0. The molecule has 1 fully saturated rings. The van der Waals surface area contributed by atoms with Crippen molar-refractivity contribution in [3.63, 3.8) is 0 Å². The van der Waals surface area contributed by atoms with E-state index >= 15 is 0 Å². The average molecular weight is 211 g/mol. The van der Waals surface area contributed by atoms with E-state index in [1.165, 1.54) is 38.8 Å². The molecule has 0 saturated carbocycles. The monoisotopic (exact) mass is 211 g/mol. The summed E-state index contributed by atoms with van der Waals surface area (Å²) in [5.41, 5.74) is 5.45. The van der Waals surface area contributed by atoms with E-state index in [1.807, 2.05) is 0 Å². The summed E-state index contributed by atoms with van der Waals surface area (Å²) in [5.74, 6) is 1.23. The molecule has 1 heterocycles. The first-order valence-electron chi connectivity index (χ1n) is 6.20. The van der Waals surface area contributed by atoms with Gasteiger partial charge in [-0.05, 0) is 45.2 Å². The van der Waals surface area contributed by atoms with Gasteiger partial charge in [-0.15, -0.1) is 0 Å². The third kappa shape index (κ3) is 4.20. The molecule has 0 aliphatic carbocycles. The van der Waals surface area contributed by atoms with Crippen LogP contribution < -0.4 is 5.73 Å². The highest BCUT2D eigenvalue weighted by atomic mass is 15.1. The molecule has 3 N–H and O–H groups in total. The number of rotatable bonds is 4. The molecule has 2 atom stereocenters. The summed E-state index contributed by atoms with van der Waals surface area (Å²) in [6.07, 6.45) is 6.03. The Balaban J connectivity index is 2.39. The lowest BCUT2D eigenvalue weighted by atomic mass is 9.98. The van der Waals surface area contributed by atoms with Gasteiger partial charge in [-0.2, -0.15) is 0 Å². The predicted octanol–water partition coefficient (Wildman–Crippen LogP) is 2.21. The van der Waals surface area contributed by atoms with Crippen LogP contribution in [0.15, 0.2) is 0 Å². The van der Waals surface area contributed by atoms with Crippen LogP contribution in [0.25, 0.3) is 0 Å². The topological polar surface area (TPSA) is 53.1 Å². The van der Waals surface area contributed by atoms with Crippen molar-refractivity contribution in [2.24, 2.45) is 11.7 Å². The van der Waals surface area contributed by atoms with Gasteiger partial charge in [0.05, 0.1) is 5.84 Å². The highest BCUT2D eigenvalue weighted by Gasteiger charge is 2.19. The van der Waals surface area contributed by atoms with Crippen LogP contribution in [0.4, 0.5) is 0 Å². The molecule has 3 heteroatoms. The summed E-state index contributed by atoms with van der Waals surface area (Å²) >= 11 is 0. The van der Waals surface area contributed by atoms with Crippen molar-refractivity contribution >= 4 is 5.84 Å². The second-order valence-electron chi connectivity index (χ2n) is 4.82. The molecule has 3 nitrogen and oxygen atoms in total. The first-order valence-corrected chi connectivity index (χ1v) is 6.20. The standard InChI is InChI=1S/C12H25N3/c1-3-11-5-4-7-15(8-6-11)10(2)9-12(13)14/h10-11H,3-9H2,1-2H3,(H3,13,14). The number of nitrogens with zero attached hydrogens (tertiary/aromatic N) is 1. The number of hydrogen-bond acceptors (Lipinski definition) is 2. The fraction of sp³-hybridized carbons (Fsp3) is 0.917. The van der Waals surface area contributed by atoms with Crippen LogP contribution in [0.3, 0.4) is 0 Å². The van der Waals surface area contributed by atoms with Gasteiger partial charge in [0.2, 0.25) is 0 Å². The zero-order chi connectivity index (χ0) is 11.3. The van der Waals surface area contributed by atoms with Crippen LogP contribution in [0.5, 0.6) is 0 Å². The lowest BCUT2D eigenvalue weighted by molar-refractivity contribution is 0.218. The van der Waals surface area contributed by atoms with Crippen LogP contribution in [0, 0.1) is 11.3 Å². The highest BCUT2D eigenvalue weighted by Crippen LogP contribution is 2.21. The maximum absolute atomic E-state index is 7.32. The summed E-state index contributed by atoms with van der Waals surface area (Å²) in [4.78, 5) is 2.50. The maximum atomic E-state index is 7.32. The fourth-order valence-electron chi connectivity index (χ4n) is 2.48. The van der Waals surface area contributed by atoms with Crippen molar-refractivity contribution in [1.29, 1.82) is 5.41 Å². The third-order valence-corrected chi connectivity index (χ3v) is 3.60. The minimum atomic E-state index is 0.318. The van der Waals surface area contributed by atoms with Gasteiger partial charge in [0.25, 0.3) is 0 Å². The van der Waals surface area contributed by atoms with Gasteiger partial charge in [-0.25, -0.2) is 0 Å². The van der Waals surface area contributed by atoms with Crippen LogP contribution in [-0.4, -0.2) is 29.9 Å². The number of nitrogens with one attached hydrogen (secondary N) is 1. The van der Waals surface area contributed by atoms with Gasteiger partial charge < -0.3 is 10.6 Å². The van der Waals surface area contributed by atoms with Crippen LogP contribution >= 0.6 is 0 Å². The zero-order valence-electron chi connectivity index (χ0n) is 10.1. The lowest BCUT2D eigenvalue weighted by Crippen LogP contribution is -2.36. The Hall–Kier alpha value is -0.570. The fourth-order valence-corrected chi connectivity index (χ4v) is 2.48. The molecule has 0 amide bonds. The van der Waals surface area contributed by atoms with E-state index in [4.69, 9.17) is 11.1 Å². The molecule has 15 heavy (non-hydrogen) atoms. The van der Waals surface area contributed by atoms with Crippen molar-refractivity contribution in [3.05, 3.63) is 0 Å². The number of likely N-dealkylation sites (tertiary alicyclic amines) is 1. The smallest absolute Gasteiger partial charge is 0.0920 e. The van der Waals surface area contributed by atoms with Crippen LogP contribution in [-0.2, 0) is 0 Å². The van der Waals surface area contributed by atoms with E-state index in [2.05, 4.69) is 18.7 Å². The summed E-state index contributed by atoms with van der Waals surface area (Å²) in [6, 6.07) is 0.443. The van der Waals surface area contributed by atoms with Crippen LogP contribution in [0.1, 0.15) is 46.0 Å². The van der Waals surface area contributed by atoms with Gasteiger partial charge in [-0.1, -0.05) is 13.3 Å². The molecule has 2 unspecified atom stereocenters. The van der Waals surface area contributed by atoms with Crippen molar-refractivity contribution in [2.45, 2.75) is 52.0 Å². The van der Waals surface area contributed by atoms with E-state index in [-0.39, 0.29) is 0 Å². The van der Waals surface area contributed by atoms with E-state index in [0.29, 0.717) is 11.9 Å². The highest BCUT2D eigenvalue weighted by molar-refractivity contribution is 5.77. The Morgan fingerprint density at radius 2 is 2.20 bits per heavy atom. The number of hydrogen-bond donors (Lipinski definition) is 2. The normalized spacial score (nSPS) is 25.9. The summed E-state index contributed by atoms with van der Waals surface area (Å²) in [5, 5.41) is 7.32.